The molecule has 0 spiro atoms. The number of aromatic amines is 1. The second kappa shape index (κ2) is 8.03. The second-order valence-electron chi connectivity index (χ2n) is 4.94. The number of carboxylic acid groups (broad SMARTS) is 1. The number of carboxylic acids is 1. The number of nitrogens with zero attached hydrogens (tertiary/aromatic N) is 2. The third-order valence-electron chi connectivity index (χ3n) is 3.16. The fourth-order valence-electron chi connectivity index (χ4n) is 1.97. The zero-order chi connectivity index (χ0) is 17.8. The molecule has 3 rings (SSSR count). The van der Waals surface area contributed by atoms with Gasteiger partial charge in [-0.05, 0) is 82.4 Å². The monoisotopic (exact) mass is 483 g/mol. The Labute approximate surface area is 166 Å². The molecule has 25 heavy (non-hydrogen) atoms. The zero-order valence-electron chi connectivity index (χ0n) is 12.6. The van der Waals surface area contributed by atoms with Crippen LogP contribution >= 0.6 is 46.0 Å². The van der Waals surface area contributed by atoms with Crippen LogP contribution in [0.15, 0.2) is 58.6 Å². The molecule has 1 heterocycles. The maximum atomic E-state index is 11.5. The van der Waals surface area contributed by atoms with Gasteiger partial charge in [-0.3, -0.25) is 5.10 Å². The topological polar surface area (TPSA) is 78.9 Å². The van der Waals surface area contributed by atoms with E-state index in [1.165, 1.54) is 0 Å². The third-order valence-corrected chi connectivity index (χ3v) is 5.01. The Hall–Kier alpha value is -1.84. The lowest BCUT2D eigenvalue weighted by Gasteiger charge is -2.00. The van der Waals surface area contributed by atoms with Crippen molar-refractivity contribution in [3.8, 4) is 11.4 Å². The lowest BCUT2D eigenvalue weighted by Crippen LogP contribution is -1.97. The summed E-state index contributed by atoms with van der Waals surface area (Å²) in [7, 11) is 0. The normalized spacial score (nSPS) is 11.5. The van der Waals surface area contributed by atoms with Gasteiger partial charge >= 0.3 is 5.97 Å². The number of aliphatic carboxylic acids is 1. The molecule has 2 N–H and O–H groups in total. The highest BCUT2D eigenvalue weighted by Gasteiger charge is 2.14. The molecule has 0 saturated heterocycles. The minimum Gasteiger partial charge on any atom is -0.477 e. The van der Waals surface area contributed by atoms with Gasteiger partial charge in [-0.25, -0.2) is 9.78 Å². The molecule has 2 aromatic carbocycles. The Bertz CT molecular complexity index is 924. The van der Waals surface area contributed by atoms with Crippen LogP contribution in [-0.2, 0) is 4.79 Å². The molecule has 1 aromatic heterocycles. The van der Waals surface area contributed by atoms with E-state index in [9.17, 15) is 9.90 Å². The fourth-order valence-corrected chi connectivity index (χ4v) is 3.17. The maximum Gasteiger partial charge on any atom is 0.342 e. The molecule has 0 aliphatic rings. The van der Waals surface area contributed by atoms with E-state index in [-0.39, 0.29) is 4.91 Å². The van der Waals surface area contributed by atoms with E-state index < -0.39 is 5.97 Å². The van der Waals surface area contributed by atoms with Crippen LogP contribution in [0.5, 0.6) is 0 Å². The number of nitrogens with one attached hydrogen (secondary N) is 1. The molecule has 0 atom stereocenters. The molecule has 3 aromatic rings. The highest BCUT2D eigenvalue weighted by Crippen LogP contribution is 2.28. The zero-order valence-corrected chi connectivity index (χ0v) is 16.3. The van der Waals surface area contributed by atoms with E-state index in [1.54, 1.807) is 18.2 Å². The summed E-state index contributed by atoms with van der Waals surface area (Å²) in [6.45, 7) is 0. The second-order valence-corrected chi connectivity index (χ2v) is 7.63. The number of carbonyl (C=O) groups is 1. The Balaban J connectivity index is 1.82. The standard InChI is InChI=1S/C17H11ClIN3O2S/c18-12-5-3-11(4-6-12)15-20-17(22-21-15)25-14(16(23)24)9-10-1-7-13(19)8-2-10/h1-9H,(H,23,24)(H,20,21,22)/b14-9-. The molecule has 0 bridgehead atoms. The fraction of sp³-hybridized carbons (Fsp3) is 0. The Kier molecular flexibility index (Phi) is 5.77. The summed E-state index contributed by atoms with van der Waals surface area (Å²) in [5.74, 6) is -0.473. The maximum absolute atomic E-state index is 11.5. The first-order valence-corrected chi connectivity index (χ1v) is 9.35. The highest BCUT2D eigenvalue weighted by atomic mass is 127. The Morgan fingerprint density at radius 1 is 1.16 bits per heavy atom. The van der Waals surface area contributed by atoms with Crippen LogP contribution in [0.25, 0.3) is 17.5 Å². The van der Waals surface area contributed by atoms with Crippen molar-refractivity contribution in [1.82, 2.24) is 15.2 Å². The van der Waals surface area contributed by atoms with Crippen molar-refractivity contribution < 1.29 is 9.90 Å². The molecule has 0 aliphatic heterocycles. The molecule has 0 unspecified atom stereocenters. The molecule has 5 nitrogen and oxygen atoms in total. The summed E-state index contributed by atoms with van der Waals surface area (Å²) in [6.07, 6.45) is 1.60. The van der Waals surface area contributed by atoms with Crippen LogP contribution in [0.1, 0.15) is 5.56 Å². The van der Waals surface area contributed by atoms with Gasteiger partial charge in [-0.1, -0.05) is 23.7 Å². The molecular formula is C17H11ClIN3O2S. The minimum absolute atomic E-state index is 0.142. The molecule has 0 radical (unpaired) electrons. The average molecular weight is 484 g/mol. The summed E-state index contributed by atoms with van der Waals surface area (Å²) < 4.78 is 1.08. The predicted molar refractivity (Wildman–Crippen MR) is 107 cm³/mol. The molecule has 126 valence electrons. The minimum atomic E-state index is -1.03. The van der Waals surface area contributed by atoms with Crippen LogP contribution in [-0.4, -0.2) is 26.3 Å². The number of aromatic nitrogens is 3. The lowest BCUT2D eigenvalue weighted by atomic mass is 10.2. The molecular weight excluding hydrogens is 473 g/mol. The van der Waals surface area contributed by atoms with E-state index in [4.69, 9.17) is 11.6 Å². The summed E-state index contributed by atoms with van der Waals surface area (Å²) in [5, 5.41) is 17.3. The van der Waals surface area contributed by atoms with Crippen LogP contribution in [0.2, 0.25) is 5.02 Å². The molecule has 0 saturated carbocycles. The Morgan fingerprint density at radius 2 is 1.84 bits per heavy atom. The number of hydrogen-bond acceptors (Lipinski definition) is 4. The summed E-state index contributed by atoms with van der Waals surface area (Å²) in [4.78, 5) is 16.0. The van der Waals surface area contributed by atoms with Crippen molar-refractivity contribution in [2.24, 2.45) is 0 Å². The first kappa shape index (κ1) is 18.0. The van der Waals surface area contributed by atoms with Gasteiger partial charge in [0, 0.05) is 14.2 Å². The van der Waals surface area contributed by atoms with Crippen LogP contribution in [0, 0.1) is 3.57 Å². The van der Waals surface area contributed by atoms with Crippen LogP contribution < -0.4 is 0 Å². The smallest absolute Gasteiger partial charge is 0.342 e. The third kappa shape index (κ3) is 4.83. The van der Waals surface area contributed by atoms with Crippen molar-refractivity contribution >= 4 is 58.0 Å². The van der Waals surface area contributed by atoms with E-state index in [0.29, 0.717) is 16.0 Å². The van der Waals surface area contributed by atoms with Crippen molar-refractivity contribution in [1.29, 1.82) is 0 Å². The van der Waals surface area contributed by atoms with Gasteiger partial charge < -0.3 is 5.11 Å². The first-order valence-electron chi connectivity index (χ1n) is 7.08. The van der Waals surface area contributed by atoms with Crippen molar-refractivity contribution in [2.75, 3.05) is 0 Å². The van der Waals surface area contributed by atoms with Gasteiger partial charge in [0.1, 0.15) is 4.91 Å². The molecule has 8 heteroatoms. The average Bonchev–Trinajstić information content (AvgIpc) is 3.05. The molecule has 0 aliphatic carbocycles. The number of hydrogen-bond donors (Lipinski definition) is 2. The van der Waals surface area contributed by atoms with Gasteiger partial charge in [-0.15, -0.1) is 5.10 Å². The number of rotatable bonds is 5. The van der Waals surface area contributed by atoms with Crippen molar-refractivity contribution in [3.05, 3.63) is 67.6 Å². The Morgan fingerprint density at radius 3 is 2.48 bits per heavy atom. The first-order chi connectivity index (χ1) is 12.0. The van der Waals surface area contributed by atoms with E-state index in [0.717, 1.165) is 26.5 Å². The lowest BCUT2D eigenvalue weighted by molar-refractivity contribution is -0.131. The summed E-state index contributed by atoms with van der Waals surface area (Å²) >= 11 is 9.06. The summed E-state index contributed by atoms with van der Waals surface area (Å²) in [6, 6.07) is 14.7. The largest absolute Gasteiger partial charge is 0.477 e. The highest BCUT2D eigenvalue weighted by molar-refractivity contribution is 14.1. The quantitative estimate of drug-likeness (QED) is 0.305. The molecule has 0 amide bonds. The van der Waals surface area contributed by atoms with Gasteiger partial charge in [0.05, 0.1) is 0 Å². The SMILES string of the molecule is O=C(O)/C(=C/c1ccc(I)cc1)Sc1n[nH]c(-c2ccc(Cl)cc2)n1. The van der Waals surface area contributed by atoms with E-state index in [1.807, 2.05) is 36.4 Å². The van der Waals surface area contributed by atoms with Crippen LogP contribution in [0.4, 0.5) is 0 Å². The van der Waals surface area contributed by atoms with Gasteiger partial charge in [0.15, 0.2) is 5.82 Å². The molecule has 0 fully saturated rings. The van der Waals surface area contributed by atoms with Gasteiger partial charge in [0.2, 0.25) is 5.16 Å². The summed E-state index contributed by atoms with van der Waals surface area (Å²) in [5.41, 5.74) is 1.63. The number of benzene rings is 2. The van der Waals surface area contributed by atoms with Crippen molar-refractivity contribution in [2.45, 2.75) is 5.16 Å². The number of H-pyrrole nitrogens is 1. The number of halogens is 2. The van der Waals surface area contributed by atoms with Gasteiger partial charge in [0.25, 0.3) is 0 Å². The van der Waals surface area contributed by atoms with Crippen LogP contribution in [0.3, 0.4) is 0 Å². The van der Waals surface area contributed by atoms with Gasteiger partial charge in [-0.2, -0.15) is 0 Å². The predicted octanol–water partition coefficient (Wildman–Crippen LogP) is 4.95. The van der Waals surface area contributed by atoms with E-state index in [2.05, 4.69) is 37.8 Å². The van der Waals surface area contributed by atoms with E-state index >= 15 is 0 Å². The van der Waals surface area contributed by atoms with Crippen molar-refractivity contribution in [3.63, 3.8) is 0 Å². The number of thioether (sulfide) groups is 1.